The summed E-state index contributed by atoms with van der Waals surface area (Å²) in [7, 11) is 0. The zero-order valence-electron chi connectivity index (χ0n) is 9.50. The average Bonchev–Trinajstić information content (AvgIpc) is 2.22. The van der Waals surface area contributed by atoms with Crippen molar-refractivity contribution in [2.45, 2.75) is 51.4 Å². The van der Waals surface area contributed by atoms with Crippen molar-refractivity contribution in [1.82, 2.24) is 5.32 Å². The molecule has 0 unspecified atom stereocenters. The van der Waals surface area contributed by atoms with E-state index in [0.29, 0.717) is 6.42 Å². The van der Waals surface area contributed by atoms with E-state index in [1.807, 2.05) is 6.08 Å². The molecule has 0 rings (SSSR count). The molecule has 0 saturated heterocycles. The van der Waals surface area contributed by atoms with Crippen molar-refractivity contribution in [3.8, 4) is 0 Å². The van der Waals surface area contributed by atoms with E-state index < -0.39 is 0 Å². The standard InChI is InChI=1S/C12H23NO2/c1-2-3-4-5-6-7-8-9-10-12(15)13-11-14/h2,14H,1,3-11H2,(H,13,15). The van der Waals surface area contributed by atoms with Crippen LogP contribution in [0.2, 0.25) is 0 Å². The van der Waals surface area contributed by atoms with Gasteiger partial charge in [0.25, 0.3) is 0 Å². The van der Waals surface area contributed by atoms with E-state index in [-0.39, 0.29) is 12.6 Å². The lowest BCUT2D eigenvalue weighted by atomic mass is 10.1. The van der Waals surface area contributed by atoms with Gasteiger partial charge < -0.3 is 10.4 Å². The van der Waals surface area contributed by atoms with Crippen molar-refractivity contribution < 1.29 is 9.90 Å². The van der Waals surface area contributed by atoms with Crippen molar-refractivity contribution in [3.63, 3.8) is 0 Å². The molecule has 88 valence electrons. The number of carbonyl (C=O) groups is 1. The van der Waals surface area contributed by atoms with Gasteiger partial charge >= 0.3 is 0 Å². The Hall–Kier alpha value is -0.830. The summed E-state index contributed by atoms with van der Waals surface area (Å²) in [6.07, 6.45) is 10.6. The molecule has 0 aliphatic heterocycles. The molecule has 0 aromatic heterocycles. The Morgan fingerprint density at radius 3 is 2.33 bits per heavy atom. The third-order valence-electron chi connectivity index (χ3n) is 2.34. The number of hydrogen-bond acceptors (Lipinski definition) is 2. The molecule has 0 aromatic rings. The van der Waals surface area contributed by atoms with Crippen LogP contribution in [0.15, 0.2) is 12.7 Å². The number of unbranched alkanes of at least 4 members (excludes halogenated alkanes) is 6. The second-order valence-corrected chi connectivity index (χ2v) is 3.71. The van der Waals surface area contributed by atoms with Crippen molar-refractivity contribution in [3.05, 3.63) is 12.7 Å². The predicted octanol–water partition coefficient (Wildman–Crippen LogP) is 2.36. The minimum absolute atomic E-state index is 0.0517. The molecule has 15 heavy (non-hydrogen) atoms. The molecule has 0 spiro atoms. The van der Waals surface area contributed by atoms with E-state index in [1.54, 1.807) is 0 Å². The molecule has 0 heterocycles. The van der Waals surface area contributed by atoms with Gasteiger partial charge in [0.15, 0.2) is 0 Å². The van der Waals surface area contributed by atoms with Crippen LogP contribution in [-0.2, 0) is 4.79 Å². The highest BCUT2D eigenvalue weighted by Crippen LogP contribution is 2.08. The first-order valence-corrected chi connectivity index (χ1v) is 5.79. The fourth-order valence-electron chi connectivity index (χ4n) is 1.46. The van der Waals surface area contributed by atoms with Crippen LogP contribution < -0.4 is 5.32 Å². The first-order valence-electron chi connectivity index (χ1n) is 5.79. The Labute approximate surface area is 92.6 Å². The van der Waals surface area contributed by atoms with E-state index in [4.69, 9.17) is 5.11 Å². The summed E-state index contributed by atoms with van der Waals surface area (Å²) in [5.41, 5.74) is 0. The van der Waals surface area contributed by atoms with E-state index in [1.165, 1.54) is 25.7 Å². The predicted molar refractivity (Wildman–Crippen MR) is 62.4 cm³/mol. The summed E-state index contributed by atoms with van der Waals surface area (Å²) >= 11 is 0. The molecule has 0 bridgehead atoms. The van der Waals surface area contributed by atoms with Crippen LogP contribution >= 0.6 is 0 Å². The van der Waals surface area contributed by atoms with E-state index >= 15 is 0 Å². The summed E-state index contributed by atoms with van der Waals surface area (Å²) in [5, 5.41) is 10.8. The van der Waals surface area contributed by atoms with Gasteiger partial charge in [0, 0.05) is 6.42 Å². The lowest BCUT2D eigenvalue weighted by Gasteiger charge is -2.01. The summed E-state index contributed by atoms with van der Waals surface area (Å²) in [6, 6.07) is 0. The third kappa shape index (κ3) is 11.1. The molecule has 2 N–H and O–H groups in total. The van der Waals surface area contributed by atoms with Gasteiger partial charge in [-0.1, -0.05) is 31.8 Å². The van der Waals surface area contributed by atoms with Gasteiger partial charge in [-0.25, -0.2) is 0 Å². The van der Waals surface area contributed by atoms with Gasteiger partial charge in [-0.05, 0) is 19.3 Å². The number of aliphatic hydroxyl groups excluding tert-OH is 1. The molecule has 0 saturated carbocycles. The first-order chi connectivity index (χ1) is 7.31. The number of nitrogens with one attached hydrogen (secondary N) is 1. The minimum atomic E-state index is -0.250. The summed E-state index contributed by atoms with van der Waals surface area (Å²) in [4.78, 5) is 10.9. The van der Waals surface area contributed by atoms with Crippen LogP contribution in [0.3, 0.4) is 0 Å². The molecular weight excluding hydrogens is 190 g/mol. The van der Waals surface area contributed by atoms with Gasteiger partial charge in [0.05, 0.1) is 0 Å². The SMILES string of the molecule is C=CCCCCCCCCC(=O)NCO. The monoisotopic (exact) mass is 213 g/mol. The molecule has 0 atom stereocenters. The van der Waals surface area contributed by atoms with Crippen LogP contribution in [0, 0.1) is 0 Å². The summed E-state index contributed by atoms with van der Waals surface area (Å²) in [6.45, 7) is 3.43. The summed E-state index contributed by atoms with van der Waals surface area (Å²) in [5.74, 6) is -0.0517. The van der Waals surface area contributed by atoms with Crippen molar-refractivity contribution in [2.24, 2.45) is 0 Å². The number of rotatable bonds is 10. The first kappa shape index (κ1) is 14.2. The van der Waals surface area contributed by atoms with Crippen molar-refractivity contribution in [1.29, 1.82) is 0 Å². The van der Waals surface area contributed by atoms with E-state index in [2.05, 4.69) is 11.9 Å². The fraction of sp³-hybridized carbons (Fsp3) is 0.750. The number of aliphatic hydroxyl groups is 1. The smallest absolute Gasteiger partial charge is 0.221 e. The third-order valence-corrected chi connectivity index (χ3v) is 2.34. The van der Waals surface area contributed by atoms with Gasteiger partial charge in [-0.2, -0.15) is 0 Å². The zero-order valence-corrected chi connectivity index (χ0v) is 9.50. The quantitative estimate of drug-likeness (QED) is 0.332. The van der Waals surface area contributed by atoms with E-state index in [0.717, 1.165) is 19.3 Å². The molecule has 0 aliphatic carbocycles. The maximum Gasteiger partial charge on any atom is 0.221 e. The van der Waals surface area contributed by atoms with Crippen molar-refractivity contribution in [2.75, 3.05) is 6.73 Å². The van der Waals surface area contributed by atoms with Gasteiger partial charge in [0.2, 0.25) is 5.91 Å². The largest absolute Gasteiger partial charge is 0.377 e. The fourth-order valence-corrected chi connectivity index (χ4v) is 1.46. The Morgan fingerprint density at radius 2 is 1.73 bits per heavy atom. The Kier molecular flexibility index (Phi) is 10.6. The molecular formula is C12H23NO2. The average molecular weight is 213 g/mol. The topological polar surface area (TPSA) is 49.3 Å². The minimum Gasteiger partial charge on any atom is -0.377 e. The molecule has 3 nitrogen and oxygen atoms in total. The normalized spacial score (nSPS) is 9.93. The maximum atomic E-state index is 10.9. The molecule has 0 aromatic carbocycles. The highest BCUT2D eigenvalue weighted by molar-refractivity contribution is 5.75. The number of amides is 1. The Bertz CT molecular complexity index is 169. The van der Waals surface area contributed by atoms with Crippen molar-refractivity contribution >= 4 is 5.91 Å². The van der Waals surface area contributed by atoms with E-state index in [9.17, 15) is 4.79 Å². The maximum absolute atomic E-state index is 10.9. The number of carbonyl (C=O) groups excluding carboxylic acids is 1. The molecule has 0 radical (unpaired) electrons. The Morgan fingerprint density at radius 1 is 1.13 bits per heavy atom. The second kappa shape index (κ2) is 11.2. The molecule has 1 amide bonds. The molecule has 0 fully saturated rings. The van der Waals surface area contributed by atoms with Crippen LogP contribution in [-0.4, -0.2) is 17.7 Å². The lowest BCUT2D eigenvalue weighted by molar-refractivity contribution is -0.122. The zero-order chi connectivity index (χ0) is 11.4. The number of hydrogen-bond donors (Lipinski definition) is 2. The lowest BCUT2D eigenvalue weighted by Crippen LogP contribution is -2.23. The van der Waals surface area contributed by atoms with Gasteiger partial charge in [-0.3, -0.25) is 4.79 Å². The van der Waals surface area contributed by atoms with Gasteiger partial charge in [0.1, 0.15) is 6.73 Å². The highest BCUT2D eigenvalue weighted by Gasteiger charge is 1.98. The van der Waals surface area contributed by atoms with Gasteiger partial charge in [-0.15, -0.1) is 6.58 Å². The van der Waals surface area contributed by atoms with Crippen LogP contribution in [0.4, 0.5) is 0 Å². The van der Waals surface area contributed by atoms with Crippen LogP contribution in [0.5, 0.6) is 0 Å². The summed E-state index contributed by atoms with van der Waals surface area (Å²) < 4.78 is 0. The van der Waals surface area contributed by atoms with Crippen LogP contribution in [0.25, 0.3) is 0 Å². The molecule has 3 heteroatoms. The Balaban J connectivity index is 3.04. The number of allylic oxidation sites excluding steroid dienone is 1. The molecule has 0 aliphatic rings. The highest BCUT2D eigenvalue weighted by atomic mass is 16.3. The second-order valence-electron chi connectivity index (χ2n) is 3.71. The van der Waals surface area contributed by atoms with Crippen LogP contribution in [0.1, 0.15) is 51.4 Å².